The first-order valence-corrected chi connectivity index (χ1v) is 9.79. The molecule has 0 saturated heterocycles. The molecule has 1 aliphatic rings. The largest absolute Gasteiger partial charge is 0.476 e. The van der Waals surface area contributed by atoms with Gasteiger partial charge >= 0.3 is 6.01 Å². The molecule has 10 heteroatoms. The molecule has 4 aromatic rings. The van der Waals surface area contributed by atoms with Gasteiger partial charge in [0.1, 0.15) is 5.82 Å². The Labute approximate surface area is 175 Å². The molecule has 0 atom stereocenters. The van der Waals surface area contributed by atoms with Gasteiger partial charge in [-0.3, -0.25) is 0 Å². The molecule has 3 aromatic heterocycles. The van der Waals surface area contributed by atoms with Crippen LogP contribution in [0.4, 0.5) is 4.39 Å². The summed E-state index contributed by atoms with van der Waals surface area (Å²) < 4.78 is 32.7. The van der Waals surface area contributed by atoms with Crippen molar-refractivity contribution in [1.29, 1.82) is 0 Å². The molecule has 0 radical (unpaired) electrons. The van der Waals surface area contributed by atoms with Crippen LogP contribution < -0.4 is 9.47 Å². The zero-order valence-electron chi connectivity index (χ0n) is 16.2. The Bertz CT molecular complexity index is 1250. The lowest BCUT2D eigenvalue weighted by Gasteiger charge is -2.07. The van der Waals surface area contributed by atoms with E-state index >= 15 is 0 Å². The average Bonchev–Trinajstić information content (AvgIpc) is 3.35. The first-order chi connectivity index (χ1) is 14.5. The van der Waals surface area contributed by atoms with Gasteiger partial charge in [0.25, 0.3) is 11.6 Å². The van der Waals surface area contributed by atoms with E-state index in [1.165, 1.54) is 18.2 Å². The Morgan fingerprint density at radius 3 is 2.80 bits per heavy atom. The standard InChI is InChI=1S/C20H17ClFN5O3/c1-10-7-15(27(2)26-10)29-20-24-18(28-9-11-3-4-11)16-19(25-20)30-17(23-16)13-8-12(22)5-6-14(13)21/h5-8,11H,3-4,9H2,1-2H3. The number of aromatic nitrogens is 5. The van der Waals surface area contributed by atoms with E-state index in [0.29, 0.717) is 34.5 Å². The molecule has 0 unspecified atom stereocenters. The topological polar surface area (TPSA) is 88.1 Å². The van der Waals surface area contributed by atoms with E-state index in [1.54, 1.807) is 17.8 Å². The van der Waals surface area contributed by atoms with Crippen LogP contribution in [-0.4, -0.2) is 31.3 Å². The van der Waals surface area contributed by atoms with Crippen molar-refractivity contribution < 1.29 is 18.3 Å². The van der Waals surface area contributed by atoms with Crippen molar-refractivity contribution in [3.05, 3.63) is 40.8 Å². The van der Waals surface area contributed by atoms with Gasteiger partial charge in [0.2, 0.25) is 11.8 Å². The second kappa shape index (κ2) is 7.24. The van der Waals surface area contributed by atoms with E-state index < -0.39 is 5.82 Å². The number of aryl methyl sites for hydroxylation is 2. The fourth-order valence-electron chi connectivity index (χ4n) is 2.96. The Kier molecular flexibility index (Phi) is 4.54. The minimum Gasteiger partial charge on any atom is -0.476 e. The first-order valence-electron chi connectivity index (χ1n) is 9.41. The zero-order valence-corrected chi connectivity index (χ0v) is 17.0. The summed E-state index contributed by atoms with van der Waals surface area (Å²) in [6.07, 6.45) is 2.24. The second-order valence-corrected chi connectivity index (χ2v) is 7.62. The van der Waals surface area contributed by atoms with Gasteiger partial charge in [0, 0.05) is 13.1 Å². The Balaban J connectivity index is 1.58. The molecule has 0 aliphatic heterocycles. The summed E-state index contributed by atoms with van der Waals surface area (Å²) >= 11 is 6.20. The van der Waals surface area contributed by atoms with Crippen LogP contribution in [0.25, 0.3) is 22.7 Å². The first kappa shape index (κ1) is 18.8. The van der Waals surface area contributed by atoms with Gasteiger partial charge in [-0.1, -0.05) is 11.6 Å². The Morgan fingerprint density at radius 2 is 2.07 bits per heavy atom. The van der Waals surface area contributed by atoms with Gasteiger partial charge in [-0.15, -0.1) is 0 Å². The summed E-state index contributed by atoms with van der Waals surface area (Å²) in [5.74, 6) is 0.872. The number of halogens is 2. The van der Waals surface area contributed by atoms with E-state index in [-0.39, 0.29) is 23.5 Å². The number of hydrogen-bond donors (Lipinski definition) is 0. The highest BCUT2D eigenvalue weighted by Crippen LogP contribution is 2.35. The van der Waals surface area contributed by atoms with Crippen molar-refractivity contribution in [3.63, 3.8) is 0 Å². The van der Waals surface area contributed by atoms with Crippen LogP contribution in [0.15, 0.2) is 28.7 Å². The van der Waals surface area contributed by atoms with Crippen molar-refractivity contribution >= 4 is 22.8 Å². The normalized spacial score (nSPS) is 13.7. The third-order valence-corrected chi connectivity index (χ3v) is 5.00. The fourth-order valence-corrected chi connectivity index (χ4v) is 3.16. The third kappa shape index (κ3) is 3.68. The predicted octanol–water partition coefficient (Wildman–Crippen LogP) is 4.70. The van der Waals surface area contributed by atoms with E-state index in [9.17, 15) is 4.39 Å². The molecule has 1 aliphatic carbocycles. The zero-order chi connectivity index (χ0) is 20.8. The van der Waals surface area contributed by atoms with Crippen LogP contribution >= 0.6 is 11.6 Å². The van der Waals surface area contributed by atoms with Crippen LogP contribution in [0.3, 0.4) is 0 Å². The maximum atomic E-state index is 13.7. The van der Waals surface area contributed by atoms with E-state index in [1.807, 2.05) is 6.92 Å². The summed E-state index contributed by atoms with van der Waals surface area (Å²) in [4.78, 5) is 13.1. The van der Waals surface area contributed by atoms with Gasteiger partial charge in [-0.25, -0.2) is 14.1 Å². The van der Waals surface area contributed by atoms with Gasteiger partial charge in [-0.05, 0) is 43.9 Å². The minimum absolute atomic E-state index is 0.0318. The SMILES string of the molecule is Cc1cc(Oc2nc(OCC3CC3)c3nc(-c4cc(F)ccc4Cl)oc3n2)n(C)n1. The Morgan fingerprint density at radius 1 is 1.23 bits per heavy atom. The molecule has 30 heavy (non-hydrogen) atoms. The van der Waals surface area contributed by atoms with Crippen molar-refractivity contribution in [2.24, 2.45) is 13.0 Å². The maximum Gasteiger partial charge on any atom is 0.330 e. The molecule has 5 rings (SSSR count). The van der Waals surface area contributed by atoms with Gasteiger partial charge in [-0.2, -0.15) is 15.1 Å². The molecule has 1 saturated carbocycles. The molecular formula is C20H17ClFN5O3. The number of hydrogen-bond acceptors (Lipinski definition) is 7. The fraction of sp³-hybridized carbons (Fsp3) is 0.300. The highest BCUT2D eigenvalue weighted by molar-refractivity contribution is 6.33. The highest BCUT2D eigenvalue weighted by Gasteiger charge is 2.25. The molecule has 0 spiro atoms. The van der Waals surface area contributed by atoms with Crippen molar-refractivity contribution in [1.82, 2.24) is 24.7 Å². The molecule has 8 nitrogen and oxygen atoms in total. The van der Waals surface area contributed by atoms with Gasteiger partial charge in [0.05, 0.1) is 22.9 Å². The summed E-state index contributed by atoms with van der Waals surface area (Å²) in [7, 11) is 1.75. The molecule has 0 amide bonds. The van der Waals surface area contributed by atoms with Crippen LogP contribution in [0.1, 0.15) is 18.5 Å². The quantitative estimate of drug-likeness (QED) is 0.439. The third-order valence-electron chi connectivity index (χ3n) is 4.67. The lowest BCUT2D eigenvalue weighted by atomic mass is 10.2. The van der Waals surface area contributed by atoms with Crippen molar-refractivity contribution in [2.75, 3.05) is 6.61 Å². The number of oxazole rings is 1. The lowest BCUT2D eigenvalue weighted by Crippen LogP contribution is -2.04. The smallest absolute Gasteiger partial charge is 0.330 e. The second-order valence-electron chi connectivity index (χ2n) is 7.21. The molecule has 1 fully saturated rings. The van der Waals surface area contributed by atoms with Crippen LogP contribution in [-0.2, 0) is 7.05 Å². The average molecular weight is 430 g/mol. The molecule has 0 N–H and O–H groups in total. The highest BCUT2D eigenvalue weighted by atomic mass is 35.5. The minimum atomic E-state index is -0.455. The molecule has 0 bridgehead atoms. The van der Waals surface area contributed by atoms with E-state index in [4.69, 9.17) is 25.5 Å². The molecule has 154 valence electrons. The number of rotatable bonds is 6. The molecule has 1 aromatic carbocycles. The number of ether oxygens (including phenoxy) is 2. The maximum absolute atomic E-state index is 13.7. The van der Waals surface area contributed by atoms with Gasteiger partial charge in [0.15, 0.2) is 5.52 Å². The summed E-state index contributed by atoms with van der Waals surface area (Å²) in [6.45, 7) is 2.37. The number of nitrogens with zero attached hydrogens (tertiary/aromatic N) is 5. The van der Waals surface area contributed by atoms with Crippen molar-refractivity contribution in [2.45, 2.75) is 19.8 Å². The predicted molar refractivity (Wildman–Crippen MR) is 106 cm³/mol. The van der Waals surface area contributed by atoms with Crippen LogP contribution in [0, 0.1) is 18.7 Å². The number of fused-ring (bicyclic) bond motifs is 1. The summed E-state index contributed by atoms with van der Waals surface area (Å²) in [5.41, 5.74) is 1.58. The lowest BCUT2D eigenvalue weighted by molar-refractivity contribution is 0.285. The molecule has 3 heterocycles. The van der Waals surface area contributed by atoms with Gasteiger partial charge < -0.3 is 13.9 Å². The van der Waals surface area contributed by atoms with E-state index in [2.05, 4.69) is 20.1 Å². The monoisotopic (exact) mass is 429 g/mol. The van der Waals surface area contributed by atoms with E-state index in [0.717, 1.165) is 18.5 Å². The summed E-state index contributed by atoms with van der Waals surface area (Å²) in [6, 6.07) is 5.75. The van der Waals surface area contributed by atoms with Crippen LogP contribution in [0.2, 0.25) is 5.02 Å². The molecular weight excluding hydrogens is 413 g/mol. The summed E-state index contributed by atoms with van der Waals surface area (Å²) in [5, 5.41) is 4.54. The van der Waals surface area contributed by atoms with Crippen LogP contribution in [0.5, 0.6) is 17.8 Å². The number of benzene rings is 1. The van der Waals surface area contributed by atoms with Crippen molar-refractivity contribution in [3.8, 4) is 29.2 Å². The Hall–Kier alpha value is -3.20.